The maximum absolute atomic E-state index is 13.1. The highest BCUT2D eigenvalue weighted by atomic mass is 32.1. The first kappa shape index (κ1) is 27.0. The molecule has 0 atom stereocenters. The molecule has 2 aromatic heterocycles. The summed E-state index contributed by atoms with van der Waals surface area (Å²) in [6, 6.07) is 11.0. The molecule has 0 radical (unpaired) electrons. The second-order valence-electron chi connectivity index (χ2n) is 9.71. The van der Waals surface area contributed by atoms with Crippen LogP contribution in [0.3, 0.4) is 0 Å². The number of thiophene rings is 1. The average molecular weight is 510 g/mol. The van der Waals surface area contributed by atoms with Crippen LogP contribution in [0.15, 0.2) is 46.2 Å². The molecule has 2 N–H and O–H groups in total. The van der Waals surface area contributed by atoms with Crippen molar-refractivity contribution in [2.45, 2.75) is 59.3 Å². The summed E-state index contributed by atoms with van der Waals surface area (Å²) in [6.45, 7) is 9.72. The molecule has 0 amide bonds. The normalized spacial score (nSPS) is 12.1. The van der Waals surface area contributed by atoms with Crippen molar-refractivity contribution in [1.82, 2.24) is 9.78 Å². The van der Waals surface area contributed by atoms with E-state index in [4.69, 9.17) is 5.11 Å². The summed E-state index contributed by atoms with van der Waals surface area (Å²) in [7, 11) is 0. The van der Waals surface area contributed by atoms with Crippen molar-refractivity contribution in [3.05, 3.63) is 73.3 Å². The third-order valence-electron chi connectivity index (χ3n) is 5.83. The lowest BCUT2D eigenvalue weighted by molar-refractivity contribution is -0.137. The standard InChI is InChI=1S/C27H31N3O5S/c1-16(28-15-21(32)23-14-13-22(36-23)20(31)7-6-8-24(33)34)25-17(2)29-30(26(25)35)19-11-9-18(10-12-19)27(3,4)5/h9-14,29H,6-8,15H2,1-5H3,(H,33,34). The molecule has 190 valence electrons. The number of hydrogen-bond acceptors (Lipinski definition) is 6. The number of ketones is 2. The van der Waals surface area contributed by atoms with Crippen LogP contribution in [0.25, 0.3) is 5.69 Å². The van der Waals surface area contributed by atoms with Gasteiger partial charge in [-0.2, -0.15) is 0 Å². The molecule has 0 saturated carbocycles. The van der Waals surface area contributed by atoms with Gasteiger partial charge in [0.1, 0.15) is 6.54 Å². The molecular formula is C27H31N3O5S. The van der Waals surface area contributed by atoms with Gasteiger partial charge in [0.05, 0.1) is 21.0 Å². The number of carbonyl (C=O) groups is 3. The van der Waals surface area contributed by atoms with Gasteiger partial charge in [-0.25, -0.2) is 4.68 Å². The predicted molar refractivity (Wildman–Crippen MR) is 141 cm³/mol. The number of Topliss-reactive ketones (excluding diaryl/α,β-unsaturated/α-hetero) is 2. The summed E-state index contributed by atoms with van der Waals surface area (Å²) in [6.07, 6.45) is 0.308. The molecule has 0 bridgehead atoms. The van der Waals surface area contributed by atoms with Gasteiger partial charge >= 0.3 is 5.97 Å². The van der Waals surface area contributed by atoms with Crippen LogP contribution in [0.5, 0.6) is 0 Å². The molecule has 0 saturated heterocycles. The number of hydrogen-bond donors (Lipinski definition) is 2. The van der Waals surface area contributed by atoms with Gasteiger partial charge in [0.25, 0.3) is 5.56 Å². The van der Waals surface area contributed by atoms with E-state index >= 15 is 0 Å². The Hall–Kier alpha value is -3.59. The van der Waals surface area contributed by atoms with Crippen LogP contribution >= 0.6 is 11.3 Å². The first-order valence-electron chi connectivity index (χ1n) is 11.7. The van der Waals surface area contributed by atoms with Crippen molar-refractivity contribution >= 4 is 34.6 Å². The number of aryl methyl sites for hydroxylation is 1. The summed E-state index contributed by atoms with van der Waals surface area (Å²) in [5.74, 6) is -1.38. The Bertz CT molecular complexity index is 1370. The Morgan fingerprint density at radius 2 is 1.61 bits per heavy atom. The van der Waals surface area contributed by atoms with Crippen LogP contribution in [0.4, 0.5) is 0 Å². The number of carboxylic acids is 1. The largest absolute Gasteiger partial charge is 0.481 e. The molecule has 3 rings (SSSR count). The first-order valence-corrected chi connectivity index (χ1v) is 12.5. The number of nitrogens with one attached hydrogen (secondary N) is 1. The smallest absolute Gasteiger partial charge is 0.303 e. The van der Waals surface area contributed by atoms with Crippen LogP contribution in [0.1, 0.15) is 83.1 Å². The summed E-state index contributed by atoms with van der Waals surface area (Å²) < 4.78 is 1.47. The number of carbonyl (C=O) groups excluding carboxylic acids is 2. The molecule has 2 heterocycles. The summed E-state index contributed by atoms with van der Waals surface area (Å²) in [5, 5.41) is 11.8. The van der Waals surface area contributed by atoms with Crippen molar-refractivity contribution in [1.29, 1.82) is 0 Å². The number of benzene rings is 1. The van der Waals surface area contributed by atoms with Crippen molar-refractivity contribution in [2.24, 2.45) is 4.99 Å². The van der Waals surface area contributed by atoms with E-state index in [0.29, 0.717) is 32.4 Å². The molecular weight excluding hydrogens is 478 g/mol. The van der Waals surface area contributed by atoms with Crippen LogP contribution in [-0.4, -0.2) is 44.7 Å². The minimum Gasteiger partial charge on any atom is -0.481 e. The third-order valence-corrected chi connectivity index (χ3v) is 7.00. The highest BCUT2D eigenvalue weighted by Crippen LogP contribution is 2.23. The fraction of sp³-hybridized carbons (Fsp3) is 0.370. The van der Waals surface area contributed by atoms with Crippen molar-refractivity contribution in [3.63, 3.8) is 0 Å². The van der Waals surface area contributed by atoms with E-state index in [9.17, 15) is 19.2 Å². The van der Waals surface area contributed by atoms with E-state index in [1.165, 1.54) is 4.68 Å². The molecule has 36 heavy (non-hydrogen) atoms. The number of H-pyrrole nitrogens is 1. The van der Waals surface area contributed by atoms with Crippen LogP contribution in [0.2, 0.25) is 0 Å². The molecule has 9 heteroatoms. The van der Waals surface area contributed by atoms with Gasteiger partial charge in [0, 0.05) is 24.2 Å². The number of rotatable bonds is 10. The highest BCUT2D eigenvalue weighted by Gasteiger charge is 2.18. The first-order chi connectivity index (χ1) is 16.9. The molecule has 0 aliphatic carbocycles. The lowest BCUT2D eigenvalue weighted by Gasteiger charge is -2.19. The minimum atomic E-state index is -0.944. The van der Waals surface area contributed by atoms with Gasteiger partial charge in [-0.3, -0.25) is 29.3 Å². The maximum atomic E-state index is 13.1. The van der Waals surface area contributed by atoms with E-state index in [1.54, 1.807) is 26.0 Å². The van der Waals surface area contributed by atoms with Gasteiger partial charge in [0.15, 0.2) is 11.6 Å². The zero-order valence-corrected chi connectivity index (χ0v) is 22.0. The van der Waals surface area contributed by atoms with Gasteiger partial charge in [-0.1, -0.05) is 32.9 Å². The van der Waals surface area contributed by atoms with Crippen LogP contribution in [-0.2, 0) is 10.2 Å². The Kier molecular flexibility index (Phi) is 8.24. The third kappa shape index (κ3) is 6.34. The Morgan fingerprint density at radius 3 is 2.19 bits per heavy atom. The number of aliphatic carboxylic acids is 1. The molecule has 8 nitrogen and oxygen atoms in total. The number of aromatic amines is 1. The fourth-order valence-electron chi connectivity index (χ4n) is 3.77. The topological polar surface area (TPSA) is 122 Å². The van der Waals surface area contributed by atoms with Crippen LogP contribution in [0, 0.1) is 6.92 Å². The summed E-state index contributed by atoms with van der Waals surface area (Å²) in [4.78, 5) is 53.8. The van der Waals surface area contributed by atoms with E-state index in [-0.39, 0.29) is 48.3 Å². The van der Waals surface area contributed by atoms with Crippen molar-refractivity contribution < 1.29 is 19.5 Å². The molecule has 0 aliphatic rings. The number of carboxylic acid groups (broad SMARTS) is 1. The zero-order valence-electron chi connectivity index (χ0n) is 21.2. The number of aromatic nitrogens is 2. The van der Waals surface area contributed by atoms with Crippen LogP contribution < -0.4 is 5.56 Å². The highest BCUT2D eigenvalue weighted by molar-refractivity contribution is 7.16. The summed E-state index contributed by atoms with van der Waals surface area (Å²) >= 11 is 1.08. The van der Waals surface area contributed by atoms with E-state index in [1.807, 2.05) is 24.3 Å². The van der Waals surface area contributed by atoms with Gasteiger partial charge in [0.2, 0.25) is 0 Å². The Balaban J connectivity index is 1.72. The average Bonchev–Trinajstić information content (AvgIpc) is 3.41. The Morgan fingerprint density at radius 1 is 1.00 bits per heavy atom. The van der Waals surface area contributed by atoms with E-state index in [2.05, 4.69) is 30.9 Å². The zero-order chi connectivity index (χ0) is 26.6. The second kappa shape index (κ2) is 11.0. The monoisotopic (exact) mass is 509 g/mol. The van der Waals surface area contributed by atoms with Crippen molar-refractivity contribution in [2.75, 3.05) is 6.54 Å². The quantitative estimate of drug-likeness (QED) is 0.295. The molecule has 0 spiro atoms. The molecule has 0 fully saturated rings. The van der Waals surface area contributed by atoms with Gasteiger partial charge in [-0.05, 0) is 55.5 Å². The minimum absolute atomic E-state index is 0.00699. The van der Waals surface area contributed by atoms with Crippen molar-refractivity contribution in [3.8, 4) is 5.69 Å². The fourth-order valence-corrected chi connectivity index (χ4v) is 4.68. The summed E-state index contributed by atoms with van der Waals surface area (Å²) in [5.41, 5.74) is 3.17. The van der Waals surface area contributed by atoms with Gasteiger partial charge < -0.3 is 5.11 Å². The Labute approximate surface area is 213 Å². The maximum Gasteiger partial charge on any atom is 0.303 e. The van der Waals surface area contributed by atoms with E-state index < -0.39 is 5.97 Å². The second-order valence-corrected chi connectivity index (χ2v) is 10.8. The SMILES string of the molecule is CC(=NCC(=O)c1ccc(C(=O)CCCC(=O)O)s1)c1c(C)[nH]n(-c2ccc(C(C)(C)C)cc2)c1=O. The van der Waals surface area contributed by atoms with Gasteiger partial charge in [-0.15, -0.1) is 11.3 Å². The predicted octanol–water partition coefficient (Wildman–Crippen LogP) is 4.96. The lowest BCUT2D eigenvalue weighted by atomic mass is 9.87. The molecule has 0 unspecified atom stereocenters. The number of aliphatic imine (C=N–C) groups is 1. The molecule has 3 aromatic rings. The molecule has 0 aliphatic heterocycles. The number of nitrogens with zero attached hydrogens (tertiary/aromatic N) is 2. The van der Waals surface area contributed by atoms with E-state index in [0.717, 1.165) is 16.9 Å². The lowest BCUT2D eigenvalue weighted by Crippen LogP contribution is -2.20. The molecule has 1 aromatic carbocycles.